The first-order valence-corrected chi connectivity index (χ1v) is 17.8. The van der Waals surface area contributed by atoms with Crippen molar-refractivity contribution in [3.63, 3.8) is 0 Å². The summed E-state index contributed by atoms with van der Waals surface area (Å²) in [5.41, 5.74) is 11.1. The highest BCUT2D eigenvalue weighted by Crippen LogP contribution is 2.44. The number of hydrogen-bond donors (Lipinski definition) is 0. The lowest BCUT2D eigenvalue weighted by molar-refractivity contribution is 1.01. The number of hydrogen-bond acceptors (Lipinski definition) is 2. The average Bonchev–Trinajstić information content (AvgIpc) is 3.70. The highest BCUT2D eigenvalue weighted by atomic mass is 15.2. The Kier molecular flexibility index (Phi) is 5.47. The molecule has 240 valence electrons. The van der Waals surface area contributed by atoms with Gasteiger partial charge in [0.1, 0.15) is 0 Å². The second-order valence-corrected chi connectivity index (χ2v) is 13.7. The number of aromatic nitrogens is 4. The molecule has 0 saturated carbocycles. The van der Waals surface area contributed by atoms with E-state index in [2.05, 4.69) is 179 Å². The van der Waals surface area contributed by atoms with Crippen molar-refractivity contribution in [1.82, 2.24) is 18.9 Å². The predicted octanol–water partition coefficient (Wildman–Crippen LogP) is 12.4. The van der Waals surface area contributed by atoms with Crippen LogP contribution in [0.25, 0.3) is 110 Å². The first-order chi connectivity index (χ1) is 25.8. The quantitative estimate of drug-likeness (QED) is 0.177. The standard InChI is InChI=1S/C48H28N4/c1-3-13-29(14-4-1)31-18-9-19-34-32(31)27-28-38-43(34)46(30-15-5-2-6-16-30)50-48(49-38)52-40-24-11-20-35-37-22-10-21-36-33-17-7-8-23-39(33)51(47(36)37)41-25-12-26-42(52)45(41)44(35)40/h1-28H. The number of nitrogens with zero attached hydrogens (tertiary/aromatic N) is 4. The summed E-state index contributed by atoms with van der Waals surface area (Å²) in [5, 5.41) is 10.8. The largest absolute Gasteiger partial charge is 0.308 e. The normalized spacial score (nSPS) is 12.2. The highest BCUT2D eigenvalue weighted by molar-refractivity contribution is 6.31. The maximum absolute atomic E-state index is 5.54. The summed E-state index contributed by atoms with van der Waals surface area (Å²) in [6.45, 7) is 0. The lowest BCUT2D eigenvalue weighted by Crippen LogP contribution is -2.04. The number of rotatable bonds is 3. The third kappa shape index (κ3) is 3.60. The maximum atomic E-state index is 5.54. The van der Waals surface area contributed by atoms with Crippen LogP contribution in [0.3, 0.4) is 0 Å². The zero-order valence-corrected chi connectivity index (χ0v) is 28.0. The smallest absolute Gasteiger partial charge is 0.235 e. The van der Waals surface area contributed by atoms with Crippen molar-refractivity contribution < 1.29 is 0 Å². The van der Waals surface area contributed by atoms with E-state index in [0.717, 1.165) is 38.6 Å². The second kappa shape index (κ2) is 10.3. The molecule has 12 aromatic rings. The van der Waals surface area contributed by atoms with Gasteiger partial charge in [-0.25, -0.2) is 9.97 Å². The van der Waals surface area contributed by atoms with Crippen LogP contribution in [0, 0.1) is 0 Å². The van der Waals surface area contributed by atoms with Gasteiger partial charge in [0.05, 0.1) is 38.8 Å². The minimum absolute atomic E-state index is 0.663. The van der Waals surface area contributed by atoms with Crippen molar-refractivity contribution in [2.45, 2.75) is 0 Å². The molecule has 0 spiro atoms. The van der Waals surface area contributed by atoms with Crippen LogP contribution in [0.1, 0.15) is 0 Å². The number of para-hydroxylation sites is 2. The molecule has 0 bridgehead atoms. The van der Waals surface area contributed by atoms with Gasteiger partial charge < -0.3 is 4.40 Å². The molecular weight excluding hydrogens is 633 g/mol. The highest BCUT2D eigenvalue weighted by Gasteiger charge is 2.24. The molecule has 0 atom stereocenters. The van der Waals surface area contributed by atoms with Gasteiger partial charge in [-0.3, -0.25) is 4.57 Å². The first-order valence-electron chi connectivity index (χ1n) is 17.8. The first kappa shape index (κ1) is 27.7. The van der Waals surface area contributed by atoms with Crippen molar-refractivity contribution >= 4 is 81.6 Å². The van der Waals surface area contributed by atoms with Crippen molar-refractivity contribution in [2.75, 3.05) is 0 Å². The Bertz CT molecular complexity index is 3390. The number of fused-ring (bicyclic) bond motifs is 8. The molecule has 0 fully saturated rings. The Balaban J connectivity index is 1.24. The van der Waals surface area contributed by atoms with E-state index in [1.54, 1.807) is 0 Å². The SMILES string of the molecule is c1ccc(-c2cccc3c2ccc2nc(-n4c5cccc6c7cccc8c9ccccc9n(c9cccc4c9c65)c78)nc(-c4ccccc4)c23)cc1. The third-order valence-electron chi connectivity index (χ3n) is 11.1. The van der Waals surface area contributed by atoms with Crippen molar-refractivity contribution in [1.29, 1.82) is 0 Å². The van der Waals surface area contributed by atoms with Gasteiger partial charge in [0, 0.05) is 37.9 Å². The molecule has 0 unspecified atom stereocenters. The molecular formula is C48H28N4. The van der Waals surface area contributed by atoms with E-state index in [-0.39, 0.29) is 0 Å². The topological polar surface area (TPSA) is 35.1 Å². The molecule has 4 heterocycles. The summed E-state index contributed by atoms with van der Waals surface area (Å²) < 4.78 is 4.75. The molecule has 4 aromatic heterocycles. The fraction of sp³-hybridized carbons (Fsp3) is 0. The lowest BCUT2D eigenvalue weighted by Gasteiger charge is -2.15. The summed E-state index contributed by atoms with van der Waals surface area (Å²) in [6.07, 6.45) is 0. The Morgan fingerprint density at radius 3 is 1.75 bits per heavy atom. The molecule has 8 aromatic carbocycles. The van der Waals surface area contributed by atoms with E-state index in [0.29, 0.717) is 5.95 Å². The van der Waals surface area contributed by atoms with E-state index in [1.807, 2.05) is 0 Å². The molecule has 52 heavy (non-hydrogen) atoms. The van der Waals surface area contributed by atoms with Crippen LogP contribution in [0.2, 0.25) is 0 Å². The summed E-state index contributed by atoms with van der Waals surface area (Å²) in [4.78, 5) is 11.0. The zero-order valence-electron chi connectivity index (χ0n) is 28.0. The van der Waals surface area contributed by atoms with E-state index in [1.165, 1.54) is 65.4 Å². The zero-order chi connectivity index (χ0) is 33.9. The second-order valence-electron chi connectivity index (χ2n) is 13.7. The van der Waals surface area contributed by atoms with Crippen LogP contribution < -0.4 is 0 Å². The van der Waals surface area contributed by atoms with Crippen molar-refractivity contribution in [3.8, 4) is 28.3 Å². The van der Waals surface area contributed by atoms with Crippen LogP contribution in [-0.2, 0) is 0 Å². The van der Waals surface area contributed by atoms with Crippen LogP contribution >= 0.6 is 0 Å². The lowest BCUT2D eigenvalue weighted by atomic mass is 9.94. The summed E-state index contributed by atoms with van der Waals surface area (Å²) >= 11 is 0. The van der Waals surface area contributed by atoms with E-state index in [4.69, 9.17) is 9.97 Å². The summed E-state index contributed by atoms with van der Waals surface area (Å²) in [5.74, 6) is 0.663. The average molecular weight is 661 g/mol. The van der Waals surface area contributed by atoms with Crippen molar-refractivity contribution in [3.05, 3.63) is 170 Å². The van der Waals surface area contributed by atoms with E-state index >= 15 is 0 Å². The van der Waals surface area contributed by atoms with Gasteiger partial charge in [-0.2, -0.15) is 0 Å². The maximum Gasteiger partial charge on any atom is 0.235 e. The van der Waals surface area contributed by atoms with Gasteiger partial charge in [-0.05, 0) is 57.6 Å². The van der Waals surface area contributed by atoms with Gasteiger partial charge >= 0.3 is 0 Å². The monoisotopic (exact) mass is 660 g/mol. The predicted molar refractivity (Wildman–Crippen MR) is 217 cm³/mol. The van der Waals surface area contributed by atoms with Crippen LogP contribution in [-0.4, -0.2) is 18.9 Å². The van der Waals surface area contributed by atoms with Crippen molar-refractivity contribution in [2.24, 2.45) is 0 Å². The van der Waals surface area contributed by atoms with Gasteiger partial charge in [0.2, 0.25) is 5.95 Å². The molecule has 4 heteroatoms. The van der Waals surface area contributed by atoms with E-state index in [9.17, 15) is 0 Å². The molecule has 12 rings (SSSR count). The molecule has 0 aliphatic carbocycles. The van der Waals surface area contributed by atoms with Crippen LogP contribution in [0.15, 0.2) is 170 Å². The molecule has 0 aliphatic rings. The van der Waals surface area contributed by atoms with Gasteiger partial charge in [0.25, 0.3) is 0 Å². The molecule has 0 saturated heterocycles. The number of benzene rings is 8. The van der Waals surface area contributed by atoms with E-state index < -0.39 is 0 Å². The Labute approximate surface area is 297 Å². The third-order valence-corrected chi connectivity index (χ3v) is 11.1. The van der Waals surface area contributed by atoms with Gasteiger partial charge in [-0.1, -0.05) is 140 Å². The Hall–Kier alpha value is -7.04. The Morgan fingerprint density at radius 1 is 0.346 bits per heavy atom. The van der Waals surface area contributed by atoms with Crippen LogP contribution in [0.4, 0.5) is 0 Å². The minimum Gasteiger partial charge on any atom is -0.308 e. The minimum atomic E-state index is 0.663. The summed E-state index contributed by atoms with van der Waals surface area (Å²) in [7, 11) is 0. The molecule has 0 amide bonds. The van der Waals surface area contributed by atoms with Crippen LogP contribution in [0.5, 0.6) is 0 Å². The molecule has 4 nitrogen and oxygen atoms in total. The Morgan fingerprint density at radius 2 is 0.923 bits per heavy atom. The fourth-order valence-corrected chi connectivity index (χ4v) is 8.95. The fourth-order valence-electron chi connectivity index (χ4n) is 8.95. The molecule has 0 aliphatic heterocycles. The van der Waals surface area contributed by atoms with Gasteiger partial charge in [-0.15, -0.1) is 0 Å². The van der Waals surface area contributed by atoms with Gasteiger partial charge in [0.15, 0.2) is 0 Å². The molecule has 0 N–H and O–H groups in total. The summed E-state index contributed by atoms with van der Waals surface area (Å²) in [6, 6.07) is 61.0. The molecule has 0 radical (unpaired) electrons.